The lowest BCUT2D eigenvalue weighted by Crippen LogP contribution is -2.49. The molecule has 30 heavy (non-hydrogen) atoms. The number of aliphatic hydroxyl groups excluding tert-OH is 1. The Balaban J connectivity index is 1.48. The maximum Gasteiger partial charge on any atom is 0.203 e. The van der Waals surface area contributed by atoms with Crippen molar-refractivity contribution in [3.05, 3.63) is 41.4 Å². The first-order valence-electron chi connectivity index (χ1n) is 9.87. The third kappa shape index (κ3) is 5.62. The predicted octanol–water partition coefficient (Wildman–Crippen LogP) is 2.93. The number of aliphatic hydroxyl groups is 1. The minimum absolute atomic E-state index is 0.177. The molecule has 7 nitrogen and oxygen atoms in total. The summed E-state index contributed by atoms with van der Waals surface area (Å²) >= 11 is 5.97. The van der Waals surface area contributed by atoms with E-state index in [-0.39, 0.29) is 6.61 Å². The van der Waals surface area contributed by atoms with E-state index < -0.39 is 6.10 Å². The number of methoxy groups -OCH3 is 3. The smallest absolute Gasteiger partial charge is 0.203 e. The van der Waals surface area contributed by atoms with Crippen LogP contribution in [0.3, 0.4) is 0 Å². The Bertz CT molecular complexity index is 785. The quantitative estimate of drug-likeness (QED) is 0.648. The first-order chi connectivity index (χ1) is 14.5. The highest BCUT2D eigenvalue weighted by Gasteiger charge is 2.20. The van der Waals surface area contributed by atoms with E-state index in [1.165, 1.54) is 5.69 Å². The monoisotopic (exact) mass is 436 g/mol. The molecule has 0 aromatic heterocycles. The SMILES string of the molecule is COc1cc(OCC(O)CN2CCN(c3ccc(Cl)cc3)CC2)cc(OC)c1OC. The topological polar surface area (TPSA) is 63.6 Å². The molecule has 164 valence electrons. The summed E-state index contributed by atoms with van der Waals surface area (Å²) in [5.41, 5.74) is 1.17. The second-order valence-electron chi connectivity index (χ2n) is 7.09. The lowest BCUT2D eigenvalue weighted by atomic mass is 10.2. The molecule has 0 aliphatic carbocycles. The lowest BCUT2D eigenvalue weighted by molar-refractivity contribution is 0.0661. The average molecular weight is 437 g/mol. The minimum atomic E-state index is -0.605. The first-order valence-corrected chi connectivity index (χ1v) is 10.3. The van der Waals surface area contributed by atoms with Crippen LogP contribution in [0.1, 0.15) is 0 Å². The lowest BCUT2D eigenvalue weighted by Gasteiger charge is -2.36. The summed E-state index contributed by atoms with van der Waals surface area (Å²) in [6.07, 6.45) is -0.605. The fraction of sp³-hybridized carbons (Fsp3) is 0.455. The zero-order valence-corrected chi connectivity index (χ0v) is 18.4. The number of anilines is 1. The van der Waals surface area contributed by atoms with Crippen LogP contribution in [-0.4, -0.2) is 76.8 Å². The summed E-state index contributed by atoms with van der Waals surface area (Å²) < 4.78 is 21.8. The number of benzene rings is 2. The predicted molar refractivity (Wildman–Crippen MR) is 118 cm³/mol. The molecule has 1 aliphatic heterocycles. The molecule has 0 bridgehead atoms. The Morgan fingerprint density at radius 3 is 2.07 bits per heavy atom. The number of rotatable bonds is 9. The van der Waals surface area contributed by atoms with Gasteiger partial charge in [-0.3, -0.25) is 4.90 Å². The van der Waals surface area contributed by atoms with Crippen LogP contribution in [0.25, 0.3) is 0 Å². The Hall–Kier alpha value is -2.35. The van der Waals surface area contributed by atoms with E-state index in [4.69, 9.17) is 30.5 Å². The van der Waals surface area contributed by atoms with Crippen molar-refractivity contribution in [3.8, 4) is 23.0 Å². The van der Waals surface area contributed by atoms with Crippen molar-refractivity contribution in [2.24, 2.45) is 0 Å². The van der Waals surface area contributed by atoms with Crippen LogP contribution in [0.5, 0.6) is 23.0 Å². The van der Waals surface area contributed by atoms with Gasteiger partial charge in [0.05, 0.1) is 21.3 Å². The molecule has 1 N–H and O–H groups in total. The van der Waals surface area contributed by atoms with Crippen molar-refractivity contribution in [1.82, 2.24) is 4.90 Å². The zero-order valence-electron chi connectivity index (χ0n) is 17.6. The van der Waals surface area contributed by atoms with Crippen molar-refractivity contribution in [2.75, 3.05) is 65.6 Å². The molecule has 2 aromatic carbocycles. The van der Waals surface area contributed by atoms with Crippen LogP contribution < -0.4 is 23.8 Å². The van der Waals surface area contributed by atoms with Gasteiger partial charge in [-0.15, -0.1) is 0 Å². The van der Waals surface area contributed by atoms with Gasteiger partial charge in [0.25, 0.3) is 0 Å². The first kappa shape index (κ1) is 22.3. The average Bonchev–Trinajstić information content (AvgIpc) is 2.78. The second kappa shape index (κ2) is 10.6. The molecular formula is C22H29ClN2O5. The summed E-state index contributed by atoms with van der Waals surface area (Å²) in [5, 5.41) is 11.2. The molecular weight excluding hydrogens is 408 g/mol. The van der Waals surface area contributed by atoms with Gasteiger partial charge in [-0.05, 0) is 24.3 Å². The Morgan fingerprint density at radius 1 is 0.933 bits per heavy atom. The summed E-state index contributed by atoms with van der Waals surface area (Å²) in [7, 11) is 4.66. The van der Waals surface area contributed by atoms with Crippen molar-refractivity contribution < 1.29 is 24.1 Å². The van der Waals surface area contributed by atoms with Crippen LogP contribution >= 0.6 is 11.6 Å². The number of hydrogen-bond acceptors (Lipinski definition) is 7. The van der Waals surface area contributed by atoms with Crippen LogP contribution in [0.15, 0.2) is 36.4 Å². The molecule has 1 atom stereocenters. The number of ether oxygens (including phenoxy) is 4. The number of halogens is 1. The number of hydrogen-bond donors (Lipinski definition) is 1. The van der Waals surface area contributed by atoms with Gasteiger partial charge >= 0.3 is 0 Å². The third-order valence-corrected chi connectivity index (χ3v) is 5.37. The Kier molecular flexibility index (Phi) is 7.90. The molecule has 0 amide bonds. The number of piperazine rings is 1. The van der Waals surface area contributed by atoms with Gasteiger partial charge in [-0.2, -0.15) is 0 Å². The number of nitrogens with zero attached hydrogens (tertiary/aromatic N) is 2. The molecule has 8 heteroatoms. The van der Waals surface area contributed by atoms with Crippen molar-refractivity contribution >= 4 is 17.3 Å². The van der Waals surface area contributed by atoms with E-state index >= 15 is 0 Å². The van der Waals surface area contributed by atoms with E-state index in [0.717, 1.165) is 31.2 Å². The molecule has 0 spiro atoms. The Morgan fingerprint density at radius 2 is 1.53 bits per heavy atom. The normalized spacial score (nSPS) is 15.6. The molecule has 1 unspecified atom stereocenters. The van der Waals surface area contributed by atoms with Gasteiger partial charge in [-0.1, -0.05) is 11.6 Å². The van der Waals surface area contributed by atoms with Crippen LogP contribution in [0, 0.1) is 0 Å². The standard InChI is InChI=1S/C22H29ClN2O5/c1-27-20-12-19(13-21(28-2)22(20)29-3)30-15-18(26)14-24-8-10-25(11-9-24)17-6-4-16(23)5-7-17/h4-7,12-13,18,26H,8-11,14-15H2,1-3H3. The number of β-amino-alcohol motifs (C(OH)–C–C–N with tert-alkyl or cyclic N) is 1. The molecule has 0 saturated carbocycles. The van der Waals surface area contributed by atoms with Gasteiger partial charge in [0.15, 0.2) is 11.5 Å². The second-order valence-corrected chi connectivity index (χ2v) is 7.53. The van der Waals surface area contributed by atoms with Crippen molar-refractivity contribution in [1.29, 1.82) is 0 Å². The van der Waals surface area contributed by atoms with Gasteiger partial charge in [0.2, 0.25) is 5.75 Å². The molecule has 1 heterocycles. The van der Waals surface area contributed by atoms with E-state index in [0.29, 0.717) is 29.5 Å². The highest BCUT2D eigenvalue weighted by molar-refractivity contribution is 6.30. The van der Waals surface area contributed by atoms with Gasteiger partial charge in [-0.25, -0.2) is 0 Å². The molecule has 3 rings (SSSR count). The largest absolute Gasteiger partial charge is 0.493 e. The van der Waals surface area contributed by atoms with E-state index in [2.05, 4.69) is 9.80 Å². The third-order valence-electron chi connectivity index (χ3n) is 5.11. The van der Waals surface area contributed by atoms with Gasteiger partial charge in [0.1, 0.15) is 18.5 Å². The Labute approximate surface area is 182 Å². The molecule has 1 aliphatic rings. The van der Waals surface area contributed by atoms with Gasteiger partial charge < -0.3 is 29.0 Å². The summed E-state index contributed by atoms with van der Waals surface area (Å²) in [6, 6.07) is 11.3. The molecule has 0 radical (unpaired) electrons. The van der Waals surface area contributed by atoms with Crippen molar-refractivity contribution in [2.45, 2.75) is 6.10 Å². The maximum absolute atomic E-state index is 10.4. The summed E-state index contributed by atoms with van der Waals surface area (Å²) in [5.74, 6) is 2.09. The van der Waals surface area contributed by atoms with Crippen LogP contribution in [-0.2, 0) is 0 Å². The highest BCUT2D eigenvalue weighted by atomic mass is 35.5. The highest BCUT2D eigenvalue weighted by Crippen LogP contribution is 2.40. The molecule has 1 saturated heterocycles. The molecule has 1 fully saturated rings. The summed E-state index contributed by atoms with van der Waals surface area (Å²) in [4.78, 5) is 4.57. The maximum atomic E-state index is 10.4. The van der Waals surface area contributed by atoms with Crippen LogP contribution in [0.2, 0.25) is 5.02 Å². The van der Waals surface area contributed by atoms with Crippen molar-refractivity contribution in [3.63, 3.8) is 0 Å². The van der Waals surface area contributed by atoms with E-state index in [1.807, 2.05) is 24.3 Å². The fourth-order valence-electron chi connectivity index (χ4n) is 3.52. The molecule has 2 aromatic rings. The fourth-order valence-corrected chi connectivity index (χ4v) is 3.65. The van der Waals surface area contributed by atoms with E-state index in [9.17, 15) is 5.11 Å². The van der Waals surface area contributed by atoms with E-state index in [1.54, 1.807) is 33.5 Å². The minimum Gasteiger partial charge on any atom is -0.493 e. The zero-order chi connectivity index (χ0) is 21.5. The van der Waals surface area contributed by atoms with Gasteiger partial charge in [0, 0.05) is 55.6 Å². The summed E-state index contributed by atoms with van der Waals surface area (Å²) in [6.45, 7) is 4.30. The van der Waals surface area contributed by atoms with Crippen LogP contribution in [0.4, 0.5) is 5.69 Å².